The molecule has 136 valence electrons. The Labute approximate surface area is 151 Å². The van der Waals surface area contributed by atoms with Crippen molar-refractivity contribution in [1.82, 2.24) is 0 Å². The van der Waals surface area contributed by atoms with Crippen LogP contribution in [0.25, 0.3) is 0 Å². The highest BCUT2D eigenvalue weighted by Gasteiger charge is 2.26. The topological polar surface area (TPSA) is 46.6 Å². The van der Waals surface area contributed by atoms with E-state index in [1.807, 2.05) is 24.3 Å². The first-order valence-electron chi connectivity index (χ1n) is 8.31. The van der Waals surface area contributed by atoms with Crippen molar-refractivity contribution < 1.29 is 14.3 Å². The number of carbonyl (C=O) groups excluding carboxylic acids is 2. The molecule has 0 atom stereocenters. The van der Waals surface area contributed by atoms with E-state index in [9.17, 15) is 9.59 Å². The molecule has 0 radical (unpaired) electrons. The van der Waals surface area contributed by atoms with Gasteiger partial charge < -0.3 is 9.64 Å². The van der Waals surface area contributed by atoms with Gasteiger partial charge in [-0.25, -0.2) is 4.79 Å². The first kappa shape index (κ1) is 20.7. The molecule has 4 nitrogen and oxygen atoms in total. The van der Waals surface area contributed by atoms with Crippen molar-refractivity contribution in [2.24, 2.45) is 0 Å². The number of hydrogen-bond acceptors (Lipinski definition) is 3. The van der Waals surface area contributed by atoms with E-state index in [0.717, 1.165) is 11.3 Å². The molecule has 0 aliphatic carbocycles. The minimum Gasteiger partial charge on any atom is -0.457 e. The van der Waals surface area contributed by atoms with Crippen LogP contribution in [0, 0.1) is 0 Å². The van der Waals surface area contributed by atoms with E-state index in [-0.39, 0.29) is 23.4 Å². The number of rotatable bonds is 5. The number of amides is 1. The summed E-state index contributed by atoms with van der Waals surface area (Å²) >= 11 is 0. The van der Waals surface area contributed by atoms with Crippen LogP contribution in [-0.2, 0) is 19.7 Å². The molecule has 0 aliphatic heterocycles. The Morgan fingerprint density at radius 2 is 1.68 bits per heavy atom. The maximum Gasteiger partial charge on any atom is 0.335 e. The molecule has 0 spiro atoms. The second-order valence-electron chi connectivity index (χ2n) is 8.00. The van der Waals surface area contributed by atoms with Crippen molar-refractivity contribution in [1.29, 1.82) is 0 Å². The maximum atomic E-state index is 12.4. The molecular weight excluding hydrogens is 314 g/mol. The van der Waals surface area contributed by atoms with E-state index >= 15 is 0 Å². The lowest BCUT2D eigenvalue weighted by molar-refractivity contribution is -0.149. The summed E-state index contributed by atoms with van der Waals surface area (Å²) < 4.78 is 5.34. The highest BCUT2D eigenvalue weighted by atomic mass is 16.6. The zero-order valence-corrected chi connectivity index (χ0v) is 16.2. The number of para-hydroxylation sites is 1. The maximum absolute atomic E-state index is 12.4. The van der Waals surface area contributed by atoms with Crippen LogP contribution >= 0.6 is 0 Å². The summed E-state index contributed by atoms with van der Waals surface area (Å²) in [5, 5.41) is 0. The molecule has 0 bridgehead atoms. The van der Waals surface area contributed by atoms with E-state index in [1.54, 1.807) is 20.8 Å². The van der Waals surface area contributed by atoms with Gasteiger partial charge >= 0.3 is 5.97 Å². The predicted molar refractivity (Wildman–Crippen MR) is 103 cm³/mol. The second-order valence-corrected chi connectivity index (χ2v) is 8.00. The van der Waals surface area contributed by atoms with Gasteiger partial charge in [0.25, 0.3) is 5.91 Å². The third-order valence-electron chi connectivity index (χ3n) is 3.48. The molecule has 0 unspecified atom stereocenters. The summed E-state index contributed by atoms with van der Waals surface area (Å²) in [5.41, 5.74) is 1.18. The lowest BCUT2D eigenvalue weighted by atomic mass is 9.85. The summed E-state index contributed by atoms with van der Waals surface area (Å²) in [7, 11) is 0. The molecule has 0 N–H and O–H groups in total. The molecule has 25 heavy (non-hydrogen) atoms. The van der Waals surface area contributed by atoms with Gasteiger partial charge in [0.05, 0.1) is 6.54 Å². The Morgan fingerprint density at radius 1 is 1.12 bits per heavy atom. The fraction of sp³-hybridized carbons (Fsp3) is 0.429. The van der Waals surface area contributed by atoms with Crippen molar-refractivity contribution >= 4 is 17.6 Å². The first-order valence-corrected chi connectivity index (χ1v) is 8.31. The molecule has 0 fully saturated rings. The molecular formula is C21H29NO3. The minimum atomic E-state index is -0.614. The smallest absolute Gasteiger partial charge is 0.335 e. The SMILES string of the molecule is C=CC(=O)N(CC(=C)C(=O)OC(C)(C)C)c1ccccc1C(C)(C)C. The molecule has 1 aromatic carbocycles. The van der Waals surface area contributed by atoms with Gasteiger partial charge in [-0.15, -0.1) is 0 Å². The van der Waals surface area contributed by atoms with Gasteiger partial charge in [-0.2, -0.15) is 0 Å². The number of benzene rings is 1. The average molecular weight is 343 g/mol. The van der Waals surface area contributed by atoms with Crippen molar-refractivity contribution in [3.8, 4) is 0 Å². The summed E-state index contributed by atoms with van der Waals surface area (Å²) in [6, 6.07) is 7.65. The van der Waals surface area contributed by atoms with Crippen LogP contribution in [0.3, 0.4) is 0 Å². The summed E-state index contributed by atoms with van der Waals surface area (Å²) in [4.78, 5) is 26.2. The van der Waals surface area contributed by atoms with Crippen molar-refractivity contribution in [2.75, 3.05) is 11.4 Å². The highest BCUT2D eigenvalue weighted by molar-refractivity contribution is 6.03. The van der Waals surface area contributed by atoms with Crippen LogP contribution in [-0.4, -0.2) is 24.0 Å². The molecule has 0 saturated heterocycles. The van der Waals surface area contributed by atoms with Gasteiger partial charge in [-0.1, -0.05) is 52.1 Å². The lowest BCUT2D eigenvalue weighted by Crippen LogP contribution is -2.36. The van der Waals surface area contributed by atoms with E-state index < -0.39 is 11.6 Å². The van der Waals surface area contributed by atoms with Gasteiger partial charge in [-0.3, -0.25) is 4.79 Å². The quantitative estimate of drug-likeness (QED) is 0.588. The number of anilines is 1. The summed E-state index contributed by atoms with van der Waals surface area (Å²) in [6.07, 6.45) is 1.24. The molecule has 0 heterocycles. The Morgan fingerprint density at radius 3 is 2.16 bits per heavy atom. The van der Waals surface area contributed by atoms with E-state index in [1.165, 1.54) is 11.0 Å². The van der Waals surface area contributed by atoms with Crippen LogP contribution in [0.2, 0.25) is 0 Å². The molecule has 1 amide bonds. The average Bonchev–Trinajstić information content (AvgIpc) is 2.49. The normalized spacial score (nSPS) is 11.6. The Balaban J connectivity index is 3.21. The van der Waals surface area contributed by atoms with E-state index in [4.69, 9.17) is 4.74 Å². The second kappa shape index (κ2) is 7.68. The predicted octanol–water partition coefficient (Wildman–Crippen LogP) is 4.40. The molecule has 0 saturated carbocycles. The standard InChI is InChI=1S/C21H29NO3/c1-9-18(23)22(14-15(2)19(24)25-21(6,7)8)17-13-11-10-12-16(17)20(3,4)5/h9-13H,1-2,14H2,3-8H3. The van der Waals surface area contributed by atoms with Gasteiger partial charge in [0, 0.05) is 11.3 Å². The fourth-order valence-corrected chi connectivity index (χ4v) is 2.34. The molecule has 1 rings (SSSR count). The lowest BCUT2D eigenvalue weighted by Gasteiger charge is -2.30. The van der Waals surface area contributed by atoms with E-state index in [2.05, 4.69) is 33.9 Å². The minimum absolute atomic E-state index is 0.0485. The third kappa shape index (κ3) is 5.89. The summed E-state index contributed by atoms with van der Waals surface area (Å²) in [6.45, 7) is 19.0. The van der Waals surface area contributed by atoms with Crippen molar-refractivity contribution in [2.45, 2.75) is 52.6 Å². The summed E-state index contributed by atoms with van der Waals surface area (Å²) in [5.74, 6) is -0.802. The Bertz CT molecular complexity index is 675. The number of carbonyl (C=O) groups is 2. The van der Waals surface area contributed by atoms with Crippen molar-refractivity contribution in [3.63, 3.8) is 0 Å². The van der Waals surface area contributed by atoms with Gasteiger partial charge in [0.2, 0.25) is 0 Å². The largest absolute Gasteiger partial charge is 0.457 e. The highest BCUT2D eigenvalue weighted by Crippen LogP contribution is 2.32. The Hall–Kier alpha value is -2.36. The third-order valence-corrected chi connectivity index (χ3v) is 3.48. The van der Waals surface area contributed by atoms with Crippen LogP contribution in [0.1, 0.15) is 47.1 Å². The molecule has 0 aromatic heterocycles. The zero-order valence-electron chi connectivity index (χ0n) is 16.2. The number of ether oxygens (including phenoxy) is 1. The fourth-order valence-electron chi connectivity index (χ4n) is 2.34. The van der Waals surface area contributed by atoms with Gasteiger partial charge in [-0.05, 0) is 43.9 Å². The molecule has 1 aromatic rings. The molecule has 0 aliphatic rings. The zero-order chi connectivity index (χ0) is 19.4. The van der Waals surface area contributed by atoms with Crippen LogP contribution in [0.15, 0.2) is 49.1 Å². The van der Waals surface area contributed by atoms with E-state index in [0.29, 0.717) is 0 Å². The van der Waals surface area contributed by atoms with Gasteiger partial charge in [0.1, 0.15) is 5.60 Å². The van der Waals surface area contributed by atoms with Crippen LogP contribution in [0.5, 0.6) is 0 Å². The number of hydrogen-bond donors (Lipinski definition) is 0. The Kier molecular flexibility index (Phi) is 6.36. The van der Waals surface area contributed by atoms with Gasteiger partial charge in [0.15, 0.2) is 0 Å². The van der Waals surface area contributed by atoms with Crippen LogP contribution in [0.4, 0.5) is 5.69 Å². The number of nitrogens with zero attached hydrogens (tertiary/aromatic N) is 1. The van der Waals surface area contributed by atoms with Crippen molar-refractivity contribution in [3.05, 3.63) is 54.6 Å². The monoisotopic (exact) mass is 343 g/mol. The van der Waals surface area contributed by atoms with Crippen LogP contribution < -0.4 is 4.90 Å². The molecule has 4 heteroatoms. The number of esters is 1. The first-order chi connectivity index (χ1) is 11.4.